The molecule has 4 nitrogen and oxygen atoms in total. The van der Waals surface area contributed by atoms with Gasteiger partial charge in [0.05, 0.1) is 0 Å². The zero-order valence-electron chi connectivity index (χ0n) is 14.4. The molecule has 1 N–H and O–H groups in total. The Morgan fingerprint density at radius 1 is 1.26 bits per heavy atom. The molecule has 0 bridgehead atoms. The molecule has 1 spiro atoms. The fourth-order valence-electron chi connectivity index (χ4n) is 4.30. The van der Waals surface area contributed by atoms with Crippen LogP contribution in [0.3, 0.4) is 0 Å². The van der Waals surface area contributed by atoms with Gasteiger partial charge in [0.2, 0.25) is 5.91 Å². The summed E-state index contributed by atoms with van der Waals surface area (Å²) in [6, 6.07) is 11.1. The van der Waals surface area contributed by atoms with Gasteiger partial charge in [-0.1, -0.05) is 30.3 Å². The lowest BCUT2D eigenvalue weighted by atomic mass is 9.84. The van der Waals surface area contributed by atoms with Gasteiger partial charge in [0.1, 0.15) is 0 Å². The smallest absolute Gasteiger partial charge is 0.217 e. The number of rotatable bonds is 4. The Bertz CT molecular complexity index is 523. The maximum Gasteiger partial charge on any atom is 0.217 e. The molecule has 2 heterocycles. The lowest BCUT2D eigenvalue weighted by Crippen LogP contribution is -2.51. The van der Waals surface area contributed by atoms with Crippen molar-refractivity contribution in [2.24, 2.45) is 0 Å². The largest absolute Gasteiger partial charge is 0.352 e. The summed E-state index contributed by atoms with van der Waals surface area (Å²) in [6.07, 6.45) is 4.68. The van der Waals surface area contributed by atoms with Crippen LogP contribution in [0.2, 0.25) is 0 Å². The minimum atomic E-state index is 0.0979. The highest BCUT2D eigenvalue weighted by atomic mass is 16.1. The fraction of sp³-hybridized carbons (Fsp3) is 0.632. The highest BCUT2D eigenvalue weighted by Gasteiger charge is 2.45. The molecule has 2 fully saturated rings. The standard InChI is InChI=1S/C19H29N3O/c1-16(23)20-18-14-19(21(2)15-18)9-12-22(13-10-19)11-8-17-6-4-3-5-7-17/h3-7,18H,8-15H2,1-2H3,(H,20,23). The molecule has 3 rings (SSSR count). The van der Waals surface area contributed by atoms with E-state index in [4.69, 9.17) is 0 Å². The number of nitrogens with one attached hydrogen (secondary N) is 1. The minimum Gasteiger partial charge on any atom is -0.352 e. The van der Waals surface area contributed by atoms with Crippen molar-refractivity contribution < 1.29 is 4.79 Å². The van der Waals surface area contributed by atoms with Gasteiger partial charge < -0.3 is 10.2 Å². The van der Waals surface area contributed by atoms with Crippen molar-refractivity contribution in [1.29, 1.82) is 0 Å². The number of hydrogen-bond acceptors (Lipinski definition) is 3. The summed E-state index contributed by atoms with van der Waals surface area (Å²) in [4.78, 5) is 16.4. The van der Waals surface area contributed by atoms with Crippen LogP contribution in [0.5, 0.6) is 0 Å². The first-order valence-corrected chi connectivity index (χ1v) is 8.82. The minimum absolute atomic E-state index is 0.0979. The topological polar surface area (TPSA) is 35.6 Å². The van der Waals surface area contributed by atoms with Crippen LogP contribution in [0.4, 0.5) is 0 Å². The Kier molecular flexibility index (Phi) is 5.02. The number of nitrogens with zero attached hydrogens (tertiary/aromatic N) is 2. The van der Waals surface area contributed by atoms with Crippen molar-refractivity contribution >= 4 is 5.91 Å². The van der Waals surface area contributed by atoms with E-state index in [-0.39, 0.29) is 5.91 Å². The van der Waals surface area contributed by atoms with Gasteiger partial charge in [-0.15, -0.1) is 0 Å². The first kappa shape index (κ1) is 16.5. The van der Waals surface area contributed by atoms with Crippen LogP contribution in [0.15, 0.2) is 30.3 Å². The highest BCUT2D eigenvalue weighted by Crippen LogP contribution is 2.37. The molecule has 2 saturated heterocycles. The molecular formula is C19H29N3O. The second kappa shape index (κ2) is 7.02. The summed E-state index contributed by atoms with van der Waals surface area (Å²) >= 11 is 0. The molecule has 0 aromatic heterocycles. The lowest BCUT2D eigenvalue weighted by Gasteiger charge is -2.43. The van der Waals surface area contributed by atoms with Gasteiger partial charge in [-0.05, 0) is 51.4 Å². The predicted octanol–water partition coefficient (Wildman–Crippen LogP) is 1.90. The molecule has 2 aliphatic heterocycles. The number of likely N-dealkylation sites (tertiary alicyclic amines) is 2. The third kappa shape index (κ3) is 3.93. The van der Waals surface area contributed by atoms with Crippen molar-refractivity contribution in [2.75, 3.05) is 33.2 Å². The number of benzene rings is 1. The van der Waals surface area contributed by atoms with Gasteiger partial charge in [0, 0.05) is 31.6 Å². The third-order valence-corrected chi connectivity index (χ3v) is 5.68. The SMILES string of the molecule is CC(=O)NC1CN(C)C2(CCN(CCc3ccccc3)CC2)C1. The van der Waals surface area contributed by atoms with Gasteiger partial charge in [-0.2, -0.15) is 0 Å². The third-order valence-electron chi connectivity index (χ3n) is 5.68. The van der Waals surface area contributed by atoms with E-state index < -0.39 is 0 Å². The van der Waals surface area contributed by atoms with Crippen LogP contribution in [0.25, 0.3) is 0 Å². The molecule has 126 valence electrons. The summed E-state index contributed by atoms with van der Waals surface area (Å²) in [5.41, 5.74) is 1.73. The number of piperidine rings is 1. The Morgan fingerprint density at radius 3 is 2.61 bits per heavy atom. The van der Waals surface area contributed by atoms with E-state index in [1.54, 1.807) is 6.92 Å². The average molecular weight is 315 g/mol. The van der Waals surface area contributed by atoms with Crippen molar-refractivity contribution in [3.63, 3.8) is 0 Å². The number of likely N-dealkylation sites (N-methyl/N-ethyl adjacent to an activating group) is 1. The highest BCUT2D eigenvalue weighted by molar-refractivity contribution is 5.73. The summed E-state index contributed by atoms with van der Waals surface area (Å²) in [6.45, 7) is 6.10. The Hall–Kier alpha value is -1.39. The van der Waals surface area contributed by atoms with Crippen molar-refractivity contribution in [2.45, 2.75) is 44.2 Å². The van der Waals surface area contributed by atoms with Crippen LogP contribution in [-0.2, 0) is 11.2 Å². The zero-order chi connectivity index (χ0) is 16.3. The molecule has 2 aliphatic rings. The Balaban J connectivity index is 1.49. The van der Waals surface area contributed by atoms with Crippen molar-refractivity contribution in [3.8, 4) is 0 Å². The van der Waals surface area contributed by atoms with E-state index in [2.05, 4.69) is 52.5 Å². The van der Waals surface area contributed by atoms with Crippen LogP contribution in [0, 0.1) is 0 Å². The maximum absolute atomic E-state index is 11.3. The van der Waals surface area contributed by atoms with Gasteiger partial charge in [0.15, 0.2) is 0 Å². The van der Waals surface area contributed by atoms with Crippen LogP contribution < -0.4 is 5.32 Å². The first-order valence-electron chi connectivity index (χ1n) is 8.82. The Morgan fingerprint density at radius 2 is 1.96 bits per heavy atom. The fourth-order valence-corrected chi connectivity index (χ4v) is 4.30. The van der Waals surface area contributed by atoms with Crippen LogP contribution >= 0.6 is 0 Å². The second-order valence-corrected chi connectivity index (χ2v) is 7.28. The molecule has 0 saturated carbocycles. The van der Waals surface area contributed by atoms with Crippen LogP contribution in [0.1, 0.15) is 31.7 Å². The molecule has 4 heteroatoms. The van der Waals surface area contributed by atoms with Gasteiger partial charge in [0.25, 0.3) is 0 Å². The summed E-state index contributed by atoms with van der Waals surface area (Å²) in [7, 11) is 2.22. The van der Waals surface area contributed by atoms with Gasteiger partial charge >= 0.3 is 0 Å². The molecule has 1 amide bonds. The van der Waals surface area contributed by atoms with Gasteiger partial charge in [-0.25, -0.2) is 0 Å². The van der Waals surface area contributed by atoms with Crippen LogP contribution in [-0.4, -0.2) is 60.5 Å². The lowest BCUT2D eigenvalue weighted by molar-refractivity contribution is -0.119. The first-order chi connectivity index (χ1) is 11.1. The summed E-state index contributed by atoms with van der Waals surface area (Å²) in [5.74, 6) is 0.0979. The second-order valence-electron chi connectivity index (χ2n) is 7.28. The average Bonchev–Trinajstić information content (AvgIpc) is 2.82. The molecule has 23 heavy (non-hydrogen) atoms. The van der Waals surface area contributed by atoms with Crippen molar-refractivity contribution in [3.05, 3.63) is 35.9 Å². The maximum atomic E-state index is 11.3. The van der Waals surface area contributed by atoms with E-state index >= 15 is 0 Å². The summed E-state index contributed by atoms with van der Waals surface area (Å²) < 4.78 is 0. The number of carbonyl (C=O) groups excluding carboxylic acids is 1. The van der Waals surface area contributed by atoms with E-state index in [1.807, 2.05) is 0 Å². The quantitative estimate of drug-likeness (QED) is 0.922. The predicted molar refractivity (Wildman–Crippen MR) is 93.4 cm³/mol. The monoisotopic (exact) mass is 315 g/mol. The van der Waals surface area contributed by atoms with E-state index in [1.165, 1.54) is 31.5 Å². The molecule has 0 aliphatic carbocycles. The normalized spacial score (nSPS) is 24.9. The molecule has 1 aromatic carbocycles. The Labute approximate surface area is 139 Å². The zero-order valence-corrected chi connectivity index (χ0v) is 14.4. The molecule has 1 unspecified atom stereocenters. The molecular weight excluding hydrogens is 286 g/mol. The van der Waals surface area contributed by atoms with E-state index in [0.717, 1.165) is 25.9 Å². The summed E-state index contributed by atoms with van der Waals surface area (Å²) in [5, 5.41) is 3.11. The molecule has 0 radical (unpaired) electrons. The van der Waals surface area contributed by atoms with E-state index in [0.29, 0.717) is 11.6 Å². The van der Waals surface area contributed by atoms with Crippen molar-refractivity contribution in [1.82, 2.24) is 15.1 Å². The van der Waals surface area contributed by atoms with E-state index in [9.17, 15) is 4.79 Å². The number of carbonyl (C=O) groups is 1. The van der Waals surface area contributed by atoms with Gasteiger partial charge in [-0.3, -0.25) is 9.69 Å². The number of hydrogen-bond donors (Lipinski definition) is 1. The molecule has 1 atom stereocenters. The molecule has 1 aromatic rings. The number of amides is 1.